The van der Waals surface area contributed by atoms with Crippen molar-refractivity contribution in [2.45, 2.75) is 19.9 Å². The lowest BCUT2D eigenvalue weighted by molar-refractivity contribution is -0.141. The minimum atomic E-state index is -0.851. The number of hydrogen-bond acceptors (Lipinski definition) is 4. The Bertz CT molecular complexity index is 567. The number of hydrogen-bond donors (Lipinski definition) is 1. The van der Waals surface area contributed by atoms with E-state index in [4.69, 9.17) is 5.11 Å². The molecule has 1 N–H and O–H groups in total. The van der Waals surface area contributed by atoms with Crippen LogP contribution in [0, 0.1) is 11.7 Å². The molecule has 19 heavy (non-hydrogen) atoms. The van der Waals surface area contributed by atoms with Gasteiger partial charge in [0.15, 0.2) is 5.82 Å². The zero-order chi connectivity index (χ0) is 13.8. The van der Waals surface area contributed by atoms with Gasteiger partial charge in [-0.3, -0.25) is 4.79 Å². The highest BCUT2D eigenvalue weighted by molar-refractivity contribution is 5.69. The van der Waals surface area contributed by atoms with Crippen LogP contribution in [0.25, 0.3) is 11.4 Å². The number of carboxylic acids is 1. The minimum absolute atomic E-state index is 0.331. The van der Waals surface area contributed by atoms with Gasteiger partial charge < -0.3 is 5.11 Å². The van der Waals surface area contributed by atoms with Crippen LogP contribution in [0.2, 0.25) is 0 Å². The lowest BCUT2D eigenvalue weighted by Crippen LogP contribution is -2.14. The van der Waals surface area contributed by atoms with Crippen molar-refractivity contribution >= 4 is 5.97 Å². The van der Waals surface area contributed by atoms with E-state index in [-0.39, 0.29) is 5.82 Å². The normalized spacial score (nSPS) is 12.3. The number of carbonyl (C=O) groups is 1. The van der Waals surface area contributed by atoms with Gasteiger partial charge in [-0.25, -0.2) is 9.07 Å². The zero-order valence-corrected chi connectivity index (χ0v) is 10.3. The molecular formula is C12H13FN4O2. The summed E-state index contributed by atoms with van der Waals surface area (Å²) in [7, 11) is 0. The molecule has 2 aromatic rings. The third kappa shape index (κ3) is 3.12. The molecule has 1 atom stereocenters. The van der Waals surface area contributed by atoms with Crippen LogP contribution < -0.4 is 0 Å². The highest BCUT2D eigenvalue weighted by Gasteiger charge is 2.14. The van der Waals surface area contributed by atoms with Crippen molar-refractivity contribution in [1.82, 2.24) is 20.2 Å². The number of aromatic nitrogens is 4. The lowest BCUT2D eigenvalue weighted by atomic mass is 10.1. The van der Waals surface area contributed by atoms with Gasteiger partial charge in [0.05, 0.1) is 5.92 Å². The summed E-state index contributed by atoms with van der Waals surface area (Å²) in [5.41, 5.74) is 0.689. The van der Waals surface area contributed by atoms with Gasteiger partial charge in [0, 0.05) is 12.1 Å². The Morgan fingerprint density at radius 1 is 1.42 bits per heavy atom. The van der Waals surface area contributed by atoms with Crippen LogP contribution in [0.5, 0.6) is 0 Å². The van der Waals surface area contributed by atoms with E-state index in [9.17, 15) is 9.18 Å². The maximum Gasteiger partial charge on any atom is 0.306 e. The van der Waals surface area contributed by atoms with E-state index in [1.165, 1.54) is 16.8 Å². The van der Waals surface area contributed by atoms with Gasteiger partial charge in [0.1, 0.15) is 5.82 Å². The van der Waals surface area contributed by atoms with Crippen molar-refractivity contribution in [2.75, 3.05) is 0 Å². The topological polar surface area (TPSA) is 80.9 Å². The molecule has 0 fully saturated rings. The van der Waals surface area contributed by atoms with Crippen molar-refractivity contribution in [3.8, 4) is 11.4 Å². The molecular weight excluding hydrogens is 251 g/mol. The van der Waals surface area contributed by atoms with Gasteiger partial charge in [-0.15, -0.1) is 5.10 Å². The van der Waals surface area contributed by atoms with E-state index < -0.39 is 11.9 Å². The molecule has 6 nitrogen and oxygen atoms in total. The molecule has 0 radical (unpaired) electrons. The number of carboxylic acid groups (broad SMARTS) is 1. The molecule has 0 aliphatic carbocycles. The van der Waals surface area contributed by atoms with Crippen molar-refractivity contribution in [1.29, 1.82) is 0 Å². The Balaban J connectivity index is 2.14. The van der Waals surface area contributed by atoms with E-state index in [1.54, 1.807) is 19.1 Å². The predicted octanol–water partition coefficient (Wildman–Crippen LogP) is 1.59. The van der Waals surface area contributed by atoms with Crippen LogP contribution in [-0.2, 0) is 11.3 Å². The first kappa shape index (κ1) is 13.1. The highest BCUT2D eigenvalue weighted by atomic mass is 19.1. The standard InChI is InChI=1S/C12H13FN4O2/c1-8(12(18)19)6-7-17-11(14-15-16-17)9-2-4-10(13)5-3-9/h2-5,8H,6-7H2,1H3,(H,18,19). The third-order valence-electron chi connectivity index (χ3n) is 2.83. The second-order valence-corrected chi connectivity index (χ2v) is 4.26. The third-order valence-corrected chi connectivity index (χ3v) is 2.83. The highest BCUT2D eigenvalue weighted by Crippen LogP contribution is 2.17. The summed E-state index contributed by atoms with van der Waals surface area (Å²) in [4.78, 5) is 10.7. The minimum Gasteiger partial charge on any atom is -0.481 e. The van der Waals surface area contributed by atoms with E-state index in [2.05, 4.69) is 15.5 Å². The summed E-state index contributed by atoms with van der Waals surface area (Å²) in [6.07, 6.45) is 0.425. The first-order chi connectivity index (χ1) is 9.08. The fraction of sp³-hybridized carbons (Fsp3) is 0.333. The van der Waals surface area contributed by atoms with E-state index in [0.717, 1.165) is 0 Å². The van der Waals surface area contributed by atoms with Crippen molar-refractivity contribution in [3.05, 3.63) is 30.1 Å². The maximum atomic E-state index is 12.8. The molecule has 2 rings (SSSR count). The van der Waals surface area contributed by atoms with Crippen molar-refractivity contribution < 1.29 is 14.3 Å². The monoisotopic (exact) mass is 264 g/mol. The molecule has 0 spiro atoms. The molecule has 0 amide bonds. The number of aryl methyl sites for hydroxylation is 1. The fourth-order valence-electron chi connectivity index (χ4n) is 1.60. The van der Waals surface area contributed by atoms with Crippen molar-refractivity contribution in [2.24, 2.45) is 5.92 Å². The first-order valence-electron chi connectivity index (χ1n) is 5.83. The lowest BCUT2D eigenvalue weighted by Gasteiger charge is -2.07. The average molecular weight is 264 g/mol. The van der Waals surface area contributed by atoms with Gasteiger partial charge in [0.25, 0.3) is 0 Å². The molecule has 1 heterocycles. The molecule has 0 aliphatic rings. The molecule has 100 valence electrons. The molecule has 1 unspecified atom stereocenters. The van der Waals surface area contributed by atoms with Gasteiger partial charge >= 0.3 is 5.97 Å². The first-order valence-corrected chi connectivity index (χ1v) is 5.83. The van der Waals surface area contributed by atoms with Crippen LogP contribution >= 0.6 is 0 Å². The second-order valence-electron chi connectivity index (χ2n) is 4.26. The summed E-state index contributed by atoms with van der Waals surface area (Å²) in [5.74, 6) is -1.15. The Labute approximate surface area is 108 Å². The van der Waals surface area contributed by atoms with Gasteiger partial charge in [-0.05, 0) is 41.1 Å². The van der Waals surface area contributed by atoms with Crippen molar-refractivity contribution in [3.63, 3.8) is 0 Å². The number of rotatable bonds is 5. The van der Waals surface area contributed by atoms with Crippen LogP contribution in [0.4, 0.5) is 4.39 Å². The molecule has 7 heteroatoms. The summed E-state index contributed by atoms with van der Waals surface area (Å²) >= 11 is 0. The van der Waals surface area contributed by atoms with Crippen LogP contribution in [0.15, 0.2) is 24.3 Å². The summed E-state index contributed by atoms with van der Waals surface area (Å²) in [5, 5.41) is 20.1. The maximum absolute atomic E-state index is 12.8. The van der Waals surface area contributed by atoms with Crippen LogP contribution in [-0.4, -0.2) is 31.3 Å². The zero-order valence-electron chi connectivity index (χ0n) is 10.3. The fourth-order valence-corrected chi connectivity index (χ4v) is 1.60. The molecule has 0 bridgehead atoms. The number of halogens is 1. The van der Waals surface area contributed by atoms with Gasteiger partial charge in [-0.2, -0.15) is 0 Å². The second kappa shape index (κ2) is 5.55. The molecule has 0 saturated carbocycles. The van der Waals surface area contributed by atoms with E-state index in [0.29, 0.717) is 24.4 Å². The molecule has 0 saturated heterocycles. The number of benzene rings is 1. The van der Waals surface area contributed by atoms with Gasteiger partial charge in [0.2, 0.25) is 0 Å². The predicted molar refractivity (Wildman–Crippen MR) is 64.6 cm³/mol. The summed E-state index contributed by atoms with van der Waals surface area (Å²) in [6, 6.07) is 5.82. The van der Waals surface area contributed by atoms with E-state index in [1.807, 2.05) is 0 Å². The van der Waals surface area contributed by atoms with Crippen LogP contribution in [0.3, 0.4) is 0 Å². The molecule has 1 aromatic carbocycles. The smallest absolute Gasteiger partial charge is 0.306 e. The molecule has 0 aliphatic heterocycles. The SMILES string of the molecule is CC(CCn1nnnc1-c1ccc(F)cc1)C(=O)O. The largest absolute Gasteiger partial charge is 0.481 e. The Morgan fingerprint density at radius 3 is 2.74 bits per heavy atom. The number of tetrazole rings is 1. The van der Waals surface area contributed by atoms with E-state index >= 15 is 0 Å². The average Bonchev–Trinajstić information content (AvgIpc) is 2.85. The Hall–Kier alpha value is -2.31. The van der Waals surface area contributed by atoms with Crippen LogP contribution in [0.1, 0.15) is 13.3 Å². The molecule has 1 aromatic heterocycles. The van der Waals surface area contributed by atoms with Gasteiger partial charge in [-0.1, -0.05) is 6.92 Å². The Morgan fingerprint density at radius 2 is 2.11 bits per heavy atom. The number of nitrogens with zero attached hydrogens (tertiary/aromatic N) is 4. The number of aliphatic carboxylic acids is 1. The quantitative estimate of drug-likeness (QED) is 0.886. The Kier molecular flexibility index (Phi) is 3.84. The summed E-state index contributed by atoms with van der Waals surface area (Å²) in [6.45, 7) is 2.03. The summed E-state index contributed by atoms with van der Waals surface area (Å²) < 4.78 is 14.4.